The third kappa shape index (κ3) is 13.1. The average Bonchev–Trinajstić information content (AvgIpc) is 3.31. The Bertz CT molecular complexity index is 2050. The largest absolute Gasteiger partial charge is 0.467 e. The molecule has 1 heterocycles. The summed E-state index contributed by atoms with van der Waals surface area (Å²) in [7, 11) is 1.16. The number of benzene rings is 5. The van der Waals surface area contributed by atoms with E-state index in [0.717, 1.165) is 12.7 Å². The van der Waals surface area contributed by atoms with Crippen molar-refractivity contribution in [2.45, 2.75) is 69.7 Å². The zero-order valence-corrected chi connectivity index (χ0v) is 31.4. The van der Waals surface area contributed by atoms with Gasteiger partial charge in [0.15, 0.2) is 12.3 Å². The molecule has 298 valence electrons. The van der Waals surface area contributed by atoms with Crippen LogP contribution in [0.15, 0.2) is 152 Å². The van der Waals surface area contributed by atoms with Crippen LogP contribution >= 0.6 is 0 Å². The minimum Gasteiger partial charge on any atom is -0.467 e. The normalized spacial score (nSPS) is 22.9. The smallest absolute Gasteiger partial charge is 0.408 e. The lowest BCUT2D eigenvalue weighted by Crippen LogP contribution is -2.62. The Morgan fingerprint density at radius 3 is 1.53 bits per heavy atom. The fourth-order valence-electron chi connectivity index (χ4n) is 5.86. The molecule has 1 aliphatic heterocycles. The Hall–Kier alpha value is -5.40. The summed E-state index contributed by atoms with van der Waals surface area (Å²) < 4.78 is 85.0. The number of esters is 1. The molecule has 0 radical (unpaired) electrons. The van der Waals surface area contributed by atoms with E-state index in [1.54, 1.807) is 127 Å². The molecule has 6 rings (SSSR count). The number of carbonyl (C=O) groups is 2. The summed E-state index contributed by atoms with van der Waals surface area (Å²) in [5, 5.41) is 2.49. The predicted octanol–water partition coefficient (Wildman–Crippen LogP) is 7.17. The number of nitrogens with one attached hydrogen (secondary N) is 1. The van der Waals surface area contributed by atoms with E-state index in [1.165, 1.54) is 0 Å². The Morgan fingerprint density at radius 1 is 0.596 bits per heavy atom. The summed E-state index contributed by atoms with van der Waals surface area (Å²) in [5.74, 6) is -0.850. The van der Waals surface area contributed by atoms with Crippen molar-refractivity contribution in [3.05, 3.63) is 179 Å². The summed E-state index contributed by atoms with van der Waals surface area (Å²) in [6.07, 6.45) is -7.43. The maximum absolute atomic E-state index is 13.1. The van der Waals surface area contributed by atoms with Crippen LogP contribution in [0.25, 0.3) is 0 Å². The standard InChI is InChI=1S/C46H49NO10/c1-50-44(48)39(47-46(49)56-31-38-25-15-6-16-26-38)32-55-45-43(54-30-37-23-13-5-14-24-37)42(53-29-36-21-11-4-12-22-36)41(52-28-35-19-9-3-10-20-35)40(57-45)33-51-27-34-17-7-2-8-18-34/h2-26,39-43,45H,27-33H2,1H3,(H,47,49)/t39-,40+,41+,42-,43+,45?/m0/s1/i27D,28D,29D,30D/t27?,28?,29?,30?,39-,40+,41+,42-,43+,45?. The maximum atomic E-state index is 13.1. The summed E-state index contributed by atoms with van der Waals surface area (Å²) in [4.78, 5) is 26.1. The highest BCUT2D eigenvalue weighted by Gasteiger charge is 2.49. The second-order valence-electron chi connectivity index (χ2n) is 12.9. The quantitative estimate of drug-likeness (QED) is 0.0815. The fraction of sp³-hybridized carbons (Fsp3) is 0.304. The first kappa shape index (κ1) is 36.0. The van der Waals surface area contributed by atoms with Crippen molar-refractivity contribution in [3.63, 3.8) is 0 Å². The number of carbonyl (C=O) groups excluding carboxylic acids is 2. The van der Waals surface area contributed by atoms with Crippen LogP contribution in [0.2, 0.25) is 0 Å². The first-order valence-corrected chi connectivity index (χ1v) is 18.5. The Balaban J connectivity index is 1.35. The first-order chi connectivity index (χ1) is 29.7. The van der Waals surface area contributed by atoms with Crippen LogP contribution in [0, 0.1) is 0 Å². The van der Waals surface area contributed by atoms with Crippen LogP contribution in [-0.2, 0) is 75.6 Å². The Kier molecular flexibility index (Phi) is 14.1. The molecule has 1 amide bonds. The van der Waals surface area contributed by atoms with E-state index in [9.17, 15) is 11.0 Å². The number of methoxy groups -OCH3 is 1. The van der Waals surface area contributed by atoms with Crippen molar-refractivity contribution in [2.24, 2.45) is 0 Å². The molecule has 1 saturated heterocycles. The Morgan fingerprint density at radius 2 is 1.04 bits per heavy atom. The minimum atomic E-state index is -1.48. The molecule has 0 aromatic heterocycles. The van der Waals surface area contributed by atoms with Crippen molar-refractivity contribution >= 4 is 12.1 Å². The van der Waals surface area contributed by atoms with Gasteiger partial charge in [-0.05, 0) is 27.8 Å². The lowest BCUT2D eigenvalue weighted by molar-refractivity contribution is -0.329. The molecular formula is C46H49NO10. The fourth-order valence-corrected chi connectivity index (χ4v) is 5.86. The van der Waals surface area contributed by atoms with Crippen molar-refractivity contribution < 1.29 is 53.0 Å². The number of hydrogen-bond acceptors (Lipinski definition) is 10. The molecule has 5 aromatic carbocycles. The maximum Gasteiger partial charge on any atom is 0.408 e. The van der Waals surface area contributed by atoms with Gasteiger partial charge in [-0.15, -0.1) is 0 Å². The minimum absolute atomic E-state index is 0.0643. The summed E-state index contributed by atoms with van der Waals surface area (Å²) >= 11 is 0. The lowest BCUT2D eigenvalue weighted by atomic mass is 9.97. The average molecular weight is 780 g/mol. The van der Waals surface area contributed by atoms with E-state index >= 15 is 0 Å². The third-order valence-electron chi connectivity index (χ3n) is 8.77. The van der Waals surface area contributed by atoms with Gasteiger partial charge in [-0.1, -0.05) is 152 Å². The topological polar surface area (TPSA) is 120 Å². The highest BCUT2D eigenvalue weighted by atomic mass is 16.7. The molecule has 11 nitrogen and oxygen atoms in total. The van der Waals surface area contributed by atoms with Crippen molar-refractivity contribution in [3.8, 4) is 0 Å². The van der Waals surface area contributed by atoms with Gasteiger partial charge in [0.25, 0.3) is 0 Å². The van der Waals surface area contributed by atoms with E-state index in [2.05, 4.69) is 5.32 Å². The number of rotatable bonds is 20. The zero-order valence-electron chi connectivity index (χ0n) is 35.4. The first-order valence-electron chi connectivity index (χ1n) is 20.8. The highest BCUT2D eigenvalue weighted by molar-refractivity contribution is 5.81. The third-order valence-corrected chi connectivity index (χ3v) is 8.77. The summed E-state index contributed by atoms with van der Waals surface area (Å²) in [5.41, 5.74) is 2.78. The van der Waals surface area contributed by atoms with Crippen LogP contribution in [0.5, 0.6) is 0 Å². The van der Waals surface area contributed by atoms with Crippen molar-refractivity contribution in [2.75, 3.05) is 20.3 Å². The van der Waals surface area contributed by atoms with Crippen LogP contribution in [0.3, 0.4) is 0 Å². The Labute approximate surface area is 339 Å². The molecule has 11 heteroatoms. The van der Waals surface area contributed by atoms with Crippen molar-refractivity contribution in [1.82, 2.24) is 5.32 Å². The molecule has 0 aliphatic carbocycles. The molecule has 5 aromatic rings. The molecule has 0 saturated carbocycles. The van der Waals surface area contributed by atoms with Gasteiger partial charge >= 0.3 is 12.1 Å². The number of amides is 1. The second-order valence-corrected chi connectivity index (χ2v) is 12.9. The summed E-state index contributed by atoms with van der Waals surface area (Å²) in [6, 6.07) is 42.8. The van der Waals surface area contributed by atoms with E-state index in [4.69, 9.17) is 42.0 Å². The SMILES string of the molecule is [2H]C(OC[C@H]1OC(OC[C@H](NC(=O)OCc2ccccc2)C(=O)OC)[C@H](OC([2H])c2ccccc2)[C@@H](OC([2H])c2ccccc2)[C@@H]1OC([2H])c1ccccc1)c1ccccc1. The second kappa shape index (κ2) is 22.4. The molecule has 0 spiro atoms. The van der Waals surface area contributed by atoms with Crippen LogP contribution < -0.4 is 5.32 Å². The lowest BCUT2D eigenvalue weighted by Gasteiger charge is -2.46. The van der Waals surface area contributed by atoms with E-state index < -0.39 is 81.7 Å². The van der Waals surface area contributed by atoms with Gasteiger partial charge in [-0.25, -0.2) is 9.59 Å². The number of hydrogen-bond donors (Lipinski definition) is 1. The molecule has 1 aliphatic rings. The van der Waals surface area contributed by atoms with Crippen LogP contribution in [-0.4, -0.2) is 69.1 Å². The van der Waals surface area contributed by atoms with Gasteiger partial charge in [0, 0.05) is 0 Å². The molecule has 1 fully saturated rings. The monoisotopic (exact) mass is 779 g/mol. The molecule has 1 N–H and O–H groups in total. The molecule has 0 bridgehead atoms. The van der Waals surface area contributed by atoms with E-state index in [1.807, 2.05) is 24.3 Å². The zero-order chi connectivity index (χ0) is 43.0. The van der Waals surface area contributed by atoms with E-state index in [-0.39, 0.29) is 13.2 Å². The number of alkyl carbamates (subject to hydrolysis) is 1. The van der Waals surface area contributed by atoms with Gasteiger partial charge < -0.3 is 43.2 Å². The van der Waals surface area contributed by atoms with Gasteiger partial charge in [0.05, 0.1) is 52.1 Å². The molecule has 10 atom stereocenters. The van der Waals surface area contributed by atoms with Crippen LogP contribution in [0.1, 0.15) is 33.3 Å². The molecule has 57 heavy (non-hydrogen) atoms. The van der Waals surface area contributed by atoms with Crippen molar-refractivity contribution in [1.29, 1.82) is 0 Å². The number of ether oxygens (including phenoxy) is 8. The molecule has 5 unspecified atom stereocenters. The van der Waals surface area contributed by atoms with Gasteiger partial charge in [-0.2, -0.15) is 0 Å². The predicted molar refractivity (Wildman–Crippen MR) is 211 cm³/mol. The molecular weight excluding hydrogens is 727 g/mol. The summed E-state index contributed by atoms with van der Waals surface area (Å²) in [6.45, 7) is -6.01. The highest BCUT2D eigenvalue weighted by Crippen LogP contribution is 2.32. The van der Waals surface area contributed by atoms with E-state index in [0.29, 0.717) is 22.3 Å². The van der Waals surface area contributed by atoms with Gasteiger partial charge in [0.1, 0.15) is 31.0 Å². The van der Waals surface area contributed by atoms with Gasteiger partial charge in [0.2, 0.25) is 0 Å². The van der Waals surface area contributed by atoms with Gasteiger partial charge in [-0.3, -0.25) is 0 Å². The van der Waals surface area contributed by atoms with Crippen LogP contribution in [0.4, 0.5) is 4.79 Å².